The van der Waals surface area contributed by atoms with Gasteiger partial charge in [-0.3, -0.25) is 4.79 Å². The molecule has 0 atom stereocenters. The summed E-state index contributed by atoms with van der Waals surface area (Å²) in [6, 6.07) is 5.79. The predicted molar refractivity (Wildman–Crippen MR) is 98.1 cm³/mol. The average molecular weight is 341 g/mol. The van der Waals surface area contributed by atoms with Crippen LogP contribution >= 0.6 is 0 Å². The summed E-state index contributed by atoms with van der Waals surface area (Å²) < 4.78 is 13.8. The summed E-state index contributed by atoms with van der Waals surface area (Å²) in [5.74, 6) is -0.188. The molecular weight excluding hydrogens is 317 g/mol. The Morgan fingerprint density at radius 3 is 2.36 bits per heavy atom. The van der Waals surface area contributed by atoms with Crippen molar-refractivity contribution in [3.63, 3.8) is 0 Å². The third-order valence-electron chi connectivity index (χ3n) is 5.07. The molecule has 132 valence electrons. The molecule has 2 heterocycles. The Balaban J connectivity index is 1.78. The molecule has 1 aliphatic heterocycles. The lowest BCUT2D eigenvalue weighted by molar-refractivity contribution is 0.00578. The number of benzene rings is 1. The van der Waals surface area contributed by atoms with Gasteiger partial charge in [-0.1, -0.05) is 12.1 Å². The highest BCUT2D eigenvalue weighted by atomic mass is 16.7. The fraction of sp³-hybridized carbons (Fsp3) is 0.444. The summed E-state index contributed by atoms with van der Waals surface area (Å²) in [6.07, 6.45) is 3.15. The molecule has 1 fully saturated rings. The zero-order valence-corrected chi connectivity index (χ0v) is 15.6. The molecule has 1 amide bonds. The summed E-state index contributed by atoms with van der Waals surface area (Å²) in [5, 5.41) is 2.92. The Labute approximate surface area is 148 Å². The van der Waals surface area contributed by atoms with Crippen LogP contribution < -0.4 is 10.8 Å². The molecule has 0 saturated carbocycles. The van der Waals surface area contributed by atoms with Gasteiger partial charge in [0.2, 0.25) is 0 Å². The van der Waals surface area contributed by atoms with E-state index in [4.69, 9.17) is 9.31 Å². The standard InChI is InChI=1S/C18H24BN3O3/c1-12-9-13(19-24-17(2,3)18(4,5)25-19)7-8-14(12)21-16(23)15-10-20-11-22(15)6/h7-11H,1-6H3,(H,21,23). The molecule has 1 N–H and O–H groups in total. The number of carbonyl (C=O) groups excluding carboxylic acids is 1. The number of nitrogens with zero attached hydrogens (tertiary/aromatic N) is 2. The Morgan fingerprint density at radius 2 is 1.84 bits per heavy atom. The SMILES string of the molecule is Cc1cc(B2OC(C)(C)C(C)(C)O2)ccc1NC(=O)c1cncn1C. The van der Waals surface area contributed by atoms with Crippen LogP contribution in [0.3, 0.4) is 0 Å². The van der Waals surface area contributed by atoms with E-state index < -0.39 is 7.12 Å². The van der Waals surface area contributed by atoms with Gasteiger partial charge in [0.05, 0.1) is 23.7 Å². The monoisotopic (exact) mass is 341 g/mol. The molecule has 0 radical (unpaired) electrons. The first-order chi connectivity index (χ1) is 11.6. The molecule has 7 heteroatoms. The fourth-order valence-electron chi connectivity index (χ4n) is 2.72. The number of aryl methyl sites for hydroxylation is 2. The zero-order chi connectivity index (χ0) is 18.4. The van der Waals surface area contributed by atoms with E-state index in [1.807, 2.05) is 52.8 Å². The van der Waals surface area contributed by atoms with E-state index in [9.17, 15) is 4.79 Å². The molecule has 25 heavy (non-hydrogen) atoms. The minimum atomic E-state index is -0.412. The van der Waals surface area contributed by atoms with Gasteiger partial charge in [0.15, 0.2) is 0 Å². The second kappa shape index (κ2) is 6.00. The van der Waals surface area contributed by atoms with Crippen molar-refractivity contribution in [2.45, 2.75) is 45.8 Å². The molecule has 1 aliphatic rings. The Morgan fingerprint density at radius 1 is 1.20 bits per heavy atom. The maximum absolute atomic E-state index is 12.3. The molecule has 3 rings (SSSR count). The van der Waals surface area contributed by atoms with Crippen molar-refractivity contribution in [2.75, 3.05) is 5.32 Å². The molecule has 0 spiro atoms. The van der Waals surface area contributed by atoms with Gasteiger partial charge in [-0.15, -0.1) is 0 Å². The minimum absolute atomic E-state index is 0.188. The third kappa shape index (κ3) is 3.21. The number of carbonyl (C=O) groups is 1. The van der Waals surface area contributed by atoms with Crippen molar-refractivity contribution in [2.24, 2.45) is 7.05 Å². The summed E-state index contributed by atoms with van der Waals surface area (Å²) in [4.78, 5) is 16.3. The van der Waals surface area contributed by atoms with Crippen LogP contribution in [0.25, 0.3) is 0 Å². The maximum atomic E-state index is 12.3. The van der Waals surface area contributed by atoms with Gasteiger partial charge in [0.1, 0.15) is 5.69 Å². The lowest BCUT2D eigenvalue weighted by atomic mass is 9.78. The van der Waals surface area contributed by atoms with E-state index >= 15 is 0 Å². The van der Waals surface area contributed by atoms with Gasteiger partial charge >= 0.3 is 7.12 Å². The van der Waals surface area contributed by atoms with E-state index in [0.29, 0.717) is 5.69 Å². The highest BCUT2D eigenvalue weighted by molar-refractivity contribution is 6.62. The highest BCUT2D eigenvalue weighted by Crippen LogP contribution is 2.36. The Bertz CT molecular complexity index is 798. The van der Waals surface area contributed by atoms with Gasteiger partial charge in [-0.2, -0.15) is 0 Å². The van der Waals surface area contributed by atoms with Crippen LogP contribution in [0, 0.1) is 6.92 Å². The number of rotatable bonds is 3. The smallest absolute Gasteiger partial charge is 0.399 e. The van der Waals surface area contributed by atoms with Gasteiger partial charge in [0, 0.05) is 12.7 Å². The van der Waals surface area contributed by atoms with Gasteiger partial charge in [0.25, 0.3) is 5.91 Å². The lowest BCUT2D eigenvalue weighted by Crippen LogP contribution is -2.41. The van der Waals surface area contributed by atoms with Gasteiger partial charge in [-0.05, 0) is 51.7 Å². The average Bonchev–Trinajstić information content (AvgIpc) is 3.02. The maximum Gasteiger partial charge on any atom is 0.494 e. The summed E-state index contributed by atoms with van der Waals surface area (Å²) in [5.41, 5.74) is 2.40. The second-order valence-corrected chi connectivity index (χ2v) is 7.51. The van der Waals surface area contributed by atoms with E-state index in [0.717, 1.165) is 16.7 Å². The lowest BCUT2D eigenvalue weighted by Gasteiger charge is -2.32. The molecule has 0 unspecified atom stereocenters. The Kier molecular flexibility index (Phi) is 4.25. The molecule has 0 bridgehead atoms. The van der Waals surface area contributed by atoms with Crippen LogP contribution in [0.5, 0.6) is 0 Å². The summed E-state index contributed by atoms with van der Waals surface area (Å²) in [7, 11) is 1.38. The van der Waals surface area contributed by atoms with E-state index in [-0.39, 0.29) is 17.1 Å². The van der Waals surface area contributed by atoms with Crippen molar-refractivity contribution >= 4 is 24.2 Å². The molecular formula is C18H24BN3O3. The number of hydrogen-bond donors (Lipinski definition) is 1. The largest absolute Gasteiger partial charge is 0.494 e. The molecule has 2 aromatic rings. The topological polar surface area (TPSA) is 65.4 Å². The number of aromatic nitrogens is 2. The first kappa shape index (κ1) is 17.7. The van der Waals surface area contributed by atoms with Crippen LogP contribution in [-0.2, 0) is 16.4 Å². The van der Waals surface area contributed by atoms with Crippen LogP contribution in [0.1, 0.15) is 43.7 Å². The molecule has 0 aliphatic carbocycles. The van der Waals surface area contributed by atoms with E-state index in [1.165, 1.54) is 0 Å². The van der Waals surface area contributed by atoms with Crippen LogP contribution in [-0.4, -0.2) is 33.8 Å². The summed E-state index contributed by atoms with van der Waals surface area (Å²) in [6.45, 7) is 10.1. The summed E-state index contributed by atoms with van der Waals surface area (Å²) >= 11 is 0. The van der Waals surface area contributed by atoms with Crippen molar-refractivity contribution < 1.29 is 14.1 Å². The quantitative estimate of drug-likeness (QED) is 0.870. The molecule has 6 nitrogen and oxygen atoms in total. The highest BCUT2D eigenvalue weighted by Gasteiger charge is 2.51. The van der Waals surface area contributed by atoms with E-state index in [1.54, 1.807) is 24.1 Å². The van der Waals surface area contributed by atoms with Crippen molar-refractivity contribution in [1.82, 2.24) is 9.55 Å². The number of imidazole rings is 1. The predicted octanol–water partition coefficient (Wildman–Crippen LogP) is 2.28. The van der Waals surface area contributed by atoms with Crippen molar-refractivity contribution in [1.29, 1.82) is 0 Å². The van der Waals surface area contributed by atoms with Crippen LogP contribution in [0.15, 0.2) is 30.7 Å². The number of amides is 1. The molecule has 1 saturated heterocycles. The van der Waals surface area contributed by atoms with Crippen LogP contribution in [0.4, 0.5) is 5.69 Å². The normalized spacial score (nSPS) is 18.4. The van der Waals surface area contributed by atoms with Gasteiger partial charge < -0.3 is 19.2 Å². The fourth-order valence-corrected chi connectivity index (χ4v) is 2.72. The molecule has 1 aromatic heterocycles. The van der Waals surface area contributed by atoms with Crippen LogP contribution in [0.2, 0.25) is 0 Å². The second-order valence-electron chi connectivity index (χ2n) is 7.51. The van der Waals surface area contributed by atoms with Gasteiger partial charge in [-0.25, -0.2) is 4.98 Å². The third-order valence-corrected chi connectivity index (χ3v) is 5.07. The first-order valence-electron chi connectivity index (χ1n) is 8.34. The number of anilines is 1. The number of hydrogen-bond acceptors (Lipinski definition) is 4. The van der Waals surface area contributed by atoms with E-state index in [2.05, 4.69) is 10.3 Å². The first-order valence-corrected chi connectivity index (χ1v) is 8.34. The van der Waals surface area contributed by atoms with Crippen molar-refractivity contribution in [3.8, 4) is 0 Å². The number of nitrogens with one attached hydrogen (secondary N) is 1. The minimum Gasteiger partial charge on any atom is -0.399 e. The molecule has 1 aromatic carbocycles. The zero-order valence-electron chi connectivity index (χ0n) is 15.6. The Hall–Kier alpha value is -2.12. The van der Waals surface area contributed by atoms with Crippen molar-refractivity contribution in [3.05, 3.63) is 42.0 Å².